The SMILES string of the molecule is COC(=O)c1ccc(C(F)(F)F)c(C(F)F)c1C#N. The van der Waals surface area contributed by atoms with Gasteiger partial charge in [-0.05, 0) is 12.1 Å². The van der Waals surface area contributed by atoms with Crippen LogP contribution in [0.4, 0.5) is 22.0 Å². The van der Waals surface area contributed by atoms with Crippen LogP contribution in [-0.4, -0.2) is 13.1 Å². The van der Waals surface area contributed by atoms with Gasteiger partial charge in [-0.25, -0.2) is 13.6 Å². The lowest BCUT2D eigenvalue weighted by atomic mass is 9.96. The Hall–Kier alpha value is -2.17. The molecule has 1 rings (SSSR count). The molecule has 0 N–H and O–H groups in total. The maximum atomic E-state index is 12.7. The van der Waals surface area contributed by atoms with Crippen LogP contribution in [0.1, 0.15) is 33.5 Å². The number of halogens is 5. The highest BCUT2D eigenvalue weighted by Crippen LogP contribution is 2.39. The topological polar surface area (TPSA) is 50.1 Å². The molecule has 0 aromatic heterocycles. The largest absolute Gasteiger partial charge is 0.465 e. The highest BCUT2D eigenvalue weighted by Gasteiger charge is 2.38. The summed E-state index contributed by atoms with van der Waals surface area (Å²) < 4.78 is 67.5. The molecule has 0 fully saturated rings. The molecule has 1 aromatic carbocycles. The average Bonchev–Trinajstić information content (AvgIpc) is 2.34. The Morgan fingerprint density at radius 2 is 1.95 bits per heavy atom. The van der Waals surface area contributed by atoms with Crippen LogP contribution in [0.2, 0.25) is 0 Å². The van der Waals surface area contributed by atoms with E-state index in [0.717, 1.165) is 7.11 Å². The van der Waals surface area contributed by atoms with Gasteiger partial charge in [0.1, 0.15) is 6.07 Å². The highest BCUT2D eigenvalue weighted by molar-refractivity contribution is 5.92. The molecule has 0 atom stereocenters. The summed E-state index contributed by atoms with van der Waals surface area (Å²) in [6.07, 6.45) is -8.60. The number of alkyl halides is 5. The number of esters is 1. The standard InChI is InChI=1S/C11H6F5NO2/c1-19-10(18)5-2-3-7(11(14,15)16)8(9(12)13)6(5)4-17/h2-3,9H,1H3. The van der Waals surface area contributed by atoms with Crippen molar-refractivity contribution in [2.75, 3.05) is 7.11 Å². The van der Waals surface area contributed by atoms with Gasteiger partial charge in [-0.1, -0.05) is 0 Å². The zero-order valence-corrected chi connectivity index (χ0v) is 9.39. The molecule has 0 bridgehead atoms. The van der Waals surface area contributed by atoms with Crippen LogP contribution in [0.5, 0.6) is 0 Å². The van der Waals surface area contributed by atoms with Crippen molar-refractivity contribution in [2.45, 2.75) is 12.6 Å². The van der Waals surface area contributed by atoms with Crippen LogP contribution in [0.25, 0.3) is 0 Å². The molecule has 0 spiro atoms. The number of methoxy groups -OCH3 is 1. The van der Waals surface area contributed by atoms with Crippen LogP contribution in [-0.2, 0) is 10.9 Å². The zero-order valence-electron chi connectivity index (χ0n) is 9.39. The van der Waals surface area contributed by atoms with Gasteiger partial charge in [-0.3, -0.25) is 0 Å². The van der Waals surface area contributed by atoms with E-state index in [1.165, 1.54) is 6.07 Å². The molecular weight excluding hydrogens is 273 g/mol. The predicted molar refractivity (Wildman–Crippen MR) is 52.5 cm³/mol. The lowest BCUT2D eigenvalue weighted by Gasteiger charge is -2.15. The fourth-order valence-electron chi connectivity index (χ4n) is 1.49. The van der Waals surface area contributed by atoms with E-state index >= 15 is 0 Å². The monoisotopic (exact) mass is 279 g/mol. The Bertz CT molecular complexity index is 545. The molecule has 3 nitrogen and oxygen atoms in total. The molecule has 0 heterocycles. The molecule has 0 aliphatic rings. The average molecular weight is 279 g/mol. The predicted octanol–water partition coefficient (Wildman–Crippen LogP) is 3.30. The van der Waals surface area contributed by atoms with Crippen molar-refractivity contribution in [3.05, 3.63) is 34.4 Å². The van der Waals surface area contributed by atoms with Crippen molar-refractivity contribution in [1.82, 2.24) is 0 Å². The number of hydrogen-bond donors (Lipinski definition) is 0. The summed E-state index contributed by atoms with van der Waals surface area (Å²) in [6, 6.07) is 2.16. The van der Waals surface area contributed by atoms with Gasteiger partial charge in [0.2, 0.25) is 0 Å². The van der Waals surface area contributed by atoms with E-state index in [1.807, 2.05) is 0 Å². The second-order valence-corrected chi connectivity index (χ2v) is 3.35. The Balaban J connectivity index is 3.68. The lowest BCUT2D eigenvalue weighted by molar-refractivity contribution is -0.139. The molecule has 8 heteroatoms. The van der Waals surface area contributed by atoms with E-state index in [9.17, 15) is 26.7 Å². The quantitative estimate of drug-likeness (QED) is 0.616. The van der Waals surface area contributed by atoms with Crippen LogP contribution in [0.15, 0.2) is 12.1 Å². The number of nitriles is 1. The summed E-state index contributed by atoms with van der Waals surface area (Å²) in [5.41, 5.74) is -4.82. The fraction of sp³-hybridized carbons (Fsp3) is 0.273. The molecular formula is C11H6F5NO2. The number of carbonyl (C=O) groups excluding carboxylic acids is 1. The summed E-state index contributed by atoms with van der Waals surface area (Å²) in [7, 11) is 0.920. The van der Waals surface area contributed by atoms with Gasteiger partial charge in [-0.2, -0.15) is 18.4 Å². The van der Waals surface area contributed by atoms with Gasteiger partial charge in [0.15, 0.2) is 0 Å². The Morgan fingerprint density at radius 1 is 1.37 bits per heavy atom. The van der Waals surface area contributed by atoms with E-state index < -0.39 is 40.8 Å². The van der Waals surface area contributed by atoms with E-state index in [-0.39, 0.29) is 0 Å². The van der Waals surface area contributed by atoms with Gasteiger partial charge >= 0.3 is 12.1 Å². The van der Waals surface area contributed by atoms with Crippen molar-refractivity contribution < 1.29 is 31.5 Å². The summed E-state index contributed by atoms with van der Waals surface area (Å²) in [4.78, 5) is 11.2. The van der Waals surface area contributed by atoms with E-state index in [4.69, 9.17) is 5.26 Å². The number of nitrogens with zero attached hydrogens (tertiary/aromatic N) is 1. The van der Waals surface area contributed by atoms with Crippen LogP contribution in [0, 0.1) is 11.3 Å². The number of carbonyl (C=O) groups is 1. The van der Waals surface area contributed by atoms with Crippen molar-refractivity contribution in [2.24, 2.45) is 0 Å². The molecule has 0 radical (unpaired) electrons. The first-order valence-electron chi connectivity index (χ1n) is 4.74. The maximum absolute atomic E-state index is 12.7. The third-order valence-electron chi connectivity index (χ3n) is 2.29. The summed E-state index contributed by atoms with van der Waals surface area (Å²) in [5.74, 6) is -1.16. The summed E-state index contributed by atoms with van der Waals surface area (Å²) in [6.45, 7) is 0. The molecule has 0 aliphatic heterocycles. The van der Waals surface area contributed by atoms with Crippen molar-refractivity contribution >= 4 is 5.97 Å². The molecule has 19 heavy (non-hydrogen) atoms. The van der Waals surface area contributed by atoms with Crippen molar-refractivity contribution in [3.63, 3.8) is 0 Å². The maximum Gasteiger partial charge on any atom is 0.416 e. The first-order valence-corrected chi connectivity index (χ1v) is 4.74. The molecule has 0 aliphatic carbocycles. The van der Waals surface area contributed by atoms with Crippen LogP contribution in [0.3, 0.4) is 0 Å². The molecule has 102 valence electrons. The second-order valence-electron chi connectivity index (χ2n) is 3.35. The van der Waals surface area contributed by atoms with Crippen LogP contribution >= 0.6 is 0 Å². The fourth-order valence-corrected chi connectivity index (χ4v) is 1.49. The summed E-state index contributed by atoms with van der Waals surface area (Å²) in [5, 5.41) is 8.72. The minimum absolute atomic E-state index is 0.328. The van der Waals surface area contributed by atoms with Crippen LogP contribution < -0.4 is 0 Å². The van der Waals surface area contributed by atoms with Gasteiger partial charge in [0.05, 0.1) is 23.8 Å². The summed E-state index contributed by atoms with van der Waals surface area (Å²) >= 11 is 0. The molecule has 0 saturated heterocycles. The zero-order chi connectivity index (χ0) is 14.8. The van der Waals surface area contributed by atoms with E-state index in [0.29, 0.717) is 12.1 Å². The minimum atomic E-state index is -5.05. The Morgan fingerprint density at radius 3 is 2.32 bits per heavy atom. The number of hydrogen-bond acceptors (Lipinski definition) is 3. The van der Waals surface area contributed by atoms with Gasteiger partial charge < -0.3 is 4.74 Å². The third-order valence-corrected chi connectivity index (χ3v) is 2.29. The molecule has 0 amide bonds. The van der Waals surface area contributed by atoms with Crippen molar-refractivity contribution in [1.29, 1.82) is 5.26 Å². The van der Waals surface area contributed by atoms with E-state index in [1.54, 1.807) is 0 Å². The lowest BCUT2D eigenvalue weighted by Crippen LogP contribution is -2.15. The smallest absolute Gasteiger partial charge is 0.416 e. The highest BCUT2D eigenvalue weighted by atomic mass is 19.4. The van der Waals surface area contributed by atoms with E-state index in [2.05, 4.69) is 4.74 Å². The minimum Gasteiger partial charge on any atom is -0.465 e. The first-order chi connectivity index (χ1) is 8.73. The number of rotatable bonds is 2. The molecule has 0 unspecified atom stereocenters. The second kappa shape index (κ2) is 5.22. The third kappa shape index (κ3) is 2.81. The first kappa shape index (κ1) is 14.9. The Labute approximate surface area is 104 Å². The van der Waals surface area contributed by atoms with Crippen molar-refractivity contribution in [3.8, 4) is 6.07 Å². The molecule has 0 saturated carbocycles. The number of benzene rings is 1. The Kier molecular flexibility index (Phi) is 4.09. The normalized spacial score (nSPS) is 11.3. The number of ether oxygens (including phenoxy) is 1. The van der Waals surface area contributed by atoms with Gasteiger partial charge in [-0.15, -0.1) is 0 Å². The van der Waals surface area contributed by atoms with Gasteiger partial charge in [0, 0.05) is 5.56 Å². The van der Waals surface area contributed by atoms with Gasteiger partial charge in [0.25, 0.3) is 6.43 Å². The molecule has 1 aromatic rings.